The summed E-state index contributed by atoms with van der Waals surface area (Å²) < 4.78 is 4.87. The van der Waals surface area contributed by atoms with Crippen molar-refractivity contribution in [1.29, 1.82) is 5.53 Å². The number of hydrogen-bond acceptors (Lipinski definition) is 7. The van der Waals surface area contributed by atoms with Crippen LogP contribution in [0.1, 0.15) is 40.0 Å². The van der Waals surface area contributed by atoms with Crippen molar-refractivity contribution in [1.82, 2.24) is 15.6 Å². The zero-order valence-electron chi connectivity index (χ0n) is 23.2. The highest BCUT2D eigenvalue weighted by Gasteiger charge is 2.23. The van der Waals surface area contributed by atoms with Crippen LogP contribution in [-0.2, 0) is 9.53 Å². The maximum absolute atomic E-state index is 13.4. The fourth-order valence-corrected chi connectivity index (χ4v) is 6.88. The van der Waals surface area contributed by atoms with Crippen molar-refractivity contribution in [3.63, 3.8) is 0 Å². The van der Waals surface area contributed by atoms with Gasteiger partial charge in [0.05, 0.1) is 12.7 Å². The highest BCUT2D eigenvalue weighted by Crippen LogP contribution is 2.34. The summed E-state index contributed by atoms with van der Waals surface area (Å²) in [5, 5.41) is 12.2. The second-order valence-electron chi connectivity index (χ2n) is 9.34. The van der Waals surface area contributed by atoms with Gasteiger partial charge in [-0.1, -0.05) is 78.9 Å². The van der Waals surface area contributed by atoms with E-state index in [4.69, 9.17) is 10.3 Å². The third-order valence-electron chi connectivity index (χ3n) is 6.54. The van der Waals surface area contributed by atoms with Crippen molar-refractivity contribution < 1.29 is 19.1 Å². The number of carbonyl (C=O) groups excluding carboxylic acids is 3. The average molecular weight is 582 g/mol. The van der Waals surface area contributed by atoms with E-state index in [9.17, 15) is 14.4 Å². The predicted molar refractivity (Wildman–Crippen MR) is 164 cm³/mol. The normalized spacial score (nSPS) is 11.4. The molecular formula is C32H32N5O4P. The monoisotopic (exact) mass is 581 g/mol. The minimum Gasteiger partial charge on any atom is -0.467 e. The number of amides is 2. The molecule has 9 nitrogen and oxygen atoms in total. The average Bonchev–Trinajstić information content (AvgIpc) is 3.05. The third kappa shape index (κ3) is 7.92. The molecule has 1 unspecified atom stereocenters. The Bertz CT molecular complexity index is 1460. The van der Waals surface area contributed by atoms with Gasteiger partial charge in [-0.15, -0.1) is 5.11 Å². The van der Waals surface area contributed by atoms with Gasteiger partial charge >= 0.3 is 5.97 Å². The van der Waals surface area contributed by atoms with Gasteiger partial charge in [-0.3, -0.25) is 9.59 Å². The van der Waals surface area contributed by atoms with Gasteiger partial charge in [-0.05, 0) is 61.3 Å². The minimum atomic E-state index is -0.941. The third-order valence-corrected chi connectivity index (χ3v) is 9.04. The summed E-state index contributed by atoms with van der Waals surface area (Å²) in [6, 6.07) is 30.2. The van der Waals surface area contributed by atoms with E-state index >= 15 is 0 Å². The Kier molecular flexibility index (Phi) is 11.0. The van der Waals surface area contributed by atoms with Crippen LogP contribution in [-0.4, -0.2) is 42.5 Å². The predicted octanol–water partition coefficient (Wildman–Crippen LogP) is 4.37. The van der Waals surface area contributed by atoms with E-state index in [2.05, 4.69) is 45.0 Å². The summed E-state index contributed by atoms with van der Waals surface area (Å²) in [6.07, 6.45) is 2.81. The molecule has 0 aliphatic carbocycles. The Balaban J connectivity index is 1.37. The maximum Gasteiger partial charge on any atom is 0.328 e. The van der Waals surface area contributed by atoms with Crippen LogP contribution in [0.15, 0.2) is 108 Å². The van der Waals surface area contributed by atoms with Gasteiger partial charge in [-0.25, -0.2) is 15.3 Å². The number of hydrogen-bond donors (Lipinski definition) is 3. The molecule has 1 heterocycles. The molecule has 214 valence electrons. The summed E-state index contributed by atoms with van der Waals surface area (Å²) in [4.78, 5) is 42.2. The van der Waals surface area contributed by atoms with Crippen LogP contribution >= 0.6 is 7.92 Å². The number of benzene rings is 3. The standard InChI is InChI=1S/C32H32N5O4P/c1-41-32(40)27(36-30(38)23-19-20-29(37-33)35-22-23)17-10-11-21-34-31(39)26-16-8-9-18-28(26)42(24-12-4-2-5-13-24)25-14-6-3-7-15-25/h2-9,12-16,18-20,22,27,33H,10-11,17,21H2,1H3,(H,34,39)(H,36,38). The molecule has 0 aliphatic rings. The molecule has 42 heavy (non-hydrogen) atoms. The first kappa shape index (κ1) is 30.2. The molecule has 0 fully saturated rings. The summed E-state index contributed by atoms with van der Waals surface area (Å²) in [5.41, 5.74) is 7.85. The molecule has 1 aromatic heterocycles. The van der Waals surface area contributed by atoms with Gasteiger partial charge in [0.25, 0.3) is 11.8 Å². The first-order valence-electron chi connectivity index (χ1n) is 13.5. The molecule has 0 saturated carbocycles. The van der Waals surface area contributed by atoms with Crippen molar-refractivity contribution in [2.45, 2.75) is 25.3 Å². The van der Waals surface area contributed by atoms with E-state index < -0.39 is 25.8 Å². The van der Waals surface area contributed by atoms with E-state index in [1.54, 1.807) is 0 Å². The number of nitrogens with one attached hydrogen (secondary N) is 3. The molecule has 10 heteroatoms. The number of carbonyl (C=O) groups is 3. The summed E-state index contributed by atoms with van der Waals surface area (Å²) in [7, 11) is 0.328. The molecule has 3 N–H and O–H groups in total. The van der Waals surface area contributed by atoms with Crippen LogP contribution in [0.4, 0.5) is 5.82 Å². The van der Waals surface area contributed by atoms with E-state index in [1.165, 1.54) is 25.4 Å². The largest absolute Gasteiger partial charge is 0.467 e. The molecular weight excluding hydrogens is 549 g/mol. The zero-order chi connectivity index (χ0) is 29.7. The number of esters is 1. The number of unbranched alkanes of at least 4 members (excludes halogenated alkanes) is 1. The molecule has 0 spiro atoms. The van der Waals surface area contributed by atoms with Crippen LogP contribution in [0.3, 0.4) is 0 Å². The molecule has 0 radical (unpaired) electrons. The number of rotatable bonds is 13. The lowest BCUT2D eigenvalue weighted by Gasteiger charge is -2.22. The Morgan fingerprint density at radius 3 is 2.10 bits per heavy atom. The number of ether oxygens (including phenoxy) is 1. The molecule has 3 aromatic carbocycles. The first-order valence-corrected chi connectivity index (χ1v) is 14.9. The molecule has 2 amide bonds. The van der Waals surface area contributed by atoms with Crippen LogP contribution in [0.5, 0.6) is 0 Å². The Labute approximate surface area is 246 Å². The summed E-state index contributed by atoms with van der Waals surface area (Å²) >= 11 is 0. The first-order chi connectivity index (χ1) is 20.5. The second-order valence-corrected chi connectivity index (χ2v) is 11.5. The van der Waals surface area contributed by atoms with Gasteiger partial charge in [0, 0.05) is 18.3 Å². The van der Waals surface area contributed by atoms with Crippen molar-refractivity contribution in [3.05, 3.63) is 114 Å². The van der Waals surface area contributed by atoms with Crippen LogP contribution in [0.25, 0.3) is 0 Å². The Hall–Kier alpha value is -4.75. The van der Waals surface area contributed by atoms with Crippen LogP contribution in [0, 0.1) is 5.53 Å². The number of methoxy groups -OCH3 is 1. The fourth-order valence-electron chi connectivity index (χ4n) is 4.43. The zero-order valence-corrected chi connectivity index (χ0v) is 24.1. The number of nitrogens with zero attached hydrogens (tertiary/aromatic N) is 2. The maximum atomic E-state index is 13.4. The molecule has 0 bridgehead atoms. The SMILES string of the molecule is COC(=O)C(CCCCNC(=O)c1ccccc1P(c1ccccc1)c1ccccc1)NC(=O)c1ccc(N=N)nc1. The fraction of sp³-hybridized carbons (Fsp3) is 0.188. The van der Waals surface area contributed by atoms with E-state index in [0.29, 0.717) is 31.4 Å². The lowest BCUT2D eigenvalue weighted by Crippen LogP contribution is -2.41. The molecule has 4 rings (SSSR count). The van der Waals surface area contributed by atoms with Crippen LogP contribution in [0.2, 0.25) is 0 Å². The Morgan fingerprint density at radius 2 is 1.50 bits per heavy atom. The van der Waals surface area contributed by atoms with Gasteiger partial charge < -0.3 is 15.4 Å². The van der Waals surface area contributed by atoms with Gasteiger partial charge in [0.15, 0.2) is 5.82 Å². The Morgan fingerprint density at radius 1 is 0.857 bits per heavy atom. The van der Waals surface area contributed by atoms with Crippen molar-refractivity contribution in [2.24, 2.45) is 5.11 Å². The molecule has 4 aromatic rings. The van der Waals surface area contributed by atoms with Gasteiger partial charge in [0.2, 0.25) is 0 Å². The van der Waals surface area contributed by atoms with Crippen LogP contribution < -0.4 is 26.5 Å². The smallest absolute Gasteiger partial charge is 0.328 e. The second kappa shape index (κ2) is 15.3. The summed E-state index contributed by atoms with van der Waals surface area (Å²) in [5.74, 6) is -1.01. The number of pyridine rings is 1. The lowest BCUT2D eigenvalue weighted by atomic mass is 10.1. The van der Waals surface area contributed by atoms with E-state index in [-0.39, 0.29) is 17.3 Å². The van der Waals surface area contributed by atoms with Gasteiger partial charge in [0.1, 0.15) is 6.04 Å². The number of aromatic nitrogens is 1. The van der Waals surface area contributed by atoms with Crippen molar-refractivity contribution in [3.8, 4) is 0 Å². The van der Waals surface area contributed by atoms with Gasteiger partial charge in [-0.2, -0.15) is 0 Å². The van der Waals surface area contributed by atoms with Crippen molar-refractivity contribution >= 4 is 47.4 Å². The molecule has 1 atom stereocenters. The topological polar surface area (TPSA) is 134 Å². The minimum absolute atomic E-state index is 0.154. The summed E-state index contributed by atoms with van der Waals surface area (Å²) in [6.45, 7) is 0.408. The highest BCUT2D eigenvalue weighted by atomic mass is 31.1. The lowest BCUT2D eigenvalue weighted by molar-refractivity contribution is -0.143. The van der Waals surface area contributed by atoms with Crippen molar-refractivity contribution in [2.75, 3.05) is 13.7 Å². The van der Waals surface area contributed by atoms with E-state index in [0.717, 1.165) is 15.9 Å². The molecule has 0 aliphatic heterocycles. The quantitative estimate of drug-likeness (QED) is 0.0933. The highest BCUT2D eigenvalue weighted by molar-refractivity contribution is 7.80. The molecule has 0 saturated heterocycles. The van der Waals surface area contributed by atoms with E-state index in [1.807, 2.05) is 60.7 Å².